The highest BCUT2D eigenvalue weighted by Gasteiger charge is 2.19. The summed E-state index contributed by atoms with van der Waals surface area (Å²) in [4.78, 5) is 0. The van der Waals surface area contributed by atoms with E-state index in [4.69, 9.17) is 0 Å². The monoisotopic (exact) mass is 354 g/mol. The van der Waals surface area contributed by atoms with Crippen molar-refractivity contribution in [3.63, 3.8) is 0 Å². The maximum atomic E-state index is 13.3. The van der Waals surface area contributed by atoms with Gasteiger partial charge < -0.3 is 5.11 Å². The van der Waals surface area contributed by atoms with Crippen molar-refractivity contribution in [3.8, 4) is 0 Å². The first-order valence-electron chi connectivity index (χ1n) is 7.18. The molecule has 0 saturated heterocycles. The van der Waals surface area contributed by atoms with Crippen molar-refractivity contribution in [2.24, 2.45) is 0 Å². The molecule has 0 fully saturated rings. The molecule has 0 radical (unpaired) electrons. The topological polar surface area (TPSA) is 38.0 Å². The summed E-state index contributed by atoms with van der Waals surface area (Å²) in [5.74, 6) is -0.270. The second kappa shape index (κ2) is 6.71. The number of benzene rings is 1. The molecule has 0 saturated carbocycles. The number of hydrogen-bond donors (Lipinski definition) is 1. The van der Waals surface area contributed by atoms with Crippen LogP contribution in [0.4, 0.5) is 4.39 Å². The van der Waals surface area contributed by atoms with Gasteiger partial charge in [-0.3, -0.25) is 4.68 Å². The van der Waals surface area contributed by atoms with Gasteiger partial charge in [0.25, 0.3) is 0 Å². The summed E-state index contributed by atoms with van der Waals surface area (Å²) in [5.41, 5.74) is 3.88. The van der Waals surface area contributed by atoms with Crippen molar-refractivity contribution in [1.29, 1.82) is 0 Å². The Kier molecular flexibility index (Phi) is 5.17. The van der Waals surface area contributed by atoms with Gasteiger partial charge in [0, 0.05) is 11.3 Å². The lowest BCUT2D eigenvalue weighted by Crippen LogP contribution is -2.07. The zero-order valence-corrected chi connectivity index (χ0v) is 14.1. The van der Waals surface area contributed by atoms with Gasteiger partial charge in [0.2, 0.25) is 0 Å². The van der Waals surface area contributed by atoms with Crippen LogP contribution in [0.5, 0.6) is 0 Å². The smallest absolute Gasteiger partial charge is 0.137 e. The molecule has 3 nitrogen and oxygen atoms in total. The van der Waals surface area contributed by atoms with Crippen molar-refractivity contribution in [1.82, 2.24) is 9.78 Å². The Morgan fingerprint density at radius 3 is 2.57 bits per heavy atom. The number of aliphatic hydroxyl groups excluding tert-OH is 1. The van der Waals surface area contributed by atoms with Gasteiger partial charge in [0.05, 0.1) is 22.8 Å². The SMILES string of the molecule is CCc1nn(Cc2ccc(F)c(Br)c2)c(CC)c1C(C)O. The molecule has 0 amide bonds. The van der Waals surface area contributed by atoms with Crippen LogP contribution in [-0.4, -0.2) is 14.9 Å². The number of rotatable bonds is 5. The second-order valence-electron chi connectivity index (χ2n) is 5.10. The van der Waals surface area contributed by atoms with E-state index in [-0.39, 0.29) is 5.82 Å². The summed E-state index contributed by atoms with van der Waals surface area (Å²) in [6.07, 6.45) is 1.06. The zero-order chi connectivity index (χ0) is 15.6. The Labute approximate surface area is 132 Å². The van der Waals surface area contributed by atoms with E-state index in [1.807, 2.05) is 11.6 Å². The van der Waals surface area contributed by atoms with E-state index in [1.54, 1.807) is 19.1 Å². The average Bonchev–Trinajstić information content (AvgIpc) is 2.80. The third kappa shape index (κ3) is 3.35. The van der Waals surface area contributed by atoms with Gasteiger partial charge in [0.1, 0.15) is 5.82 Å². The number of aryl methyl sites for hydroxylation is 1. The minimum atomic E-state index is -0.524. The van der Waals surface area contributed by atoms with Gasteiger partial charge in [-0.25, -0.2) is 4.39 Å². The first-order valence-corrected chi connectivity index (χ1v) is 7.97. The summed E-state index contributed by atoms with van der Waals surface area (Å²) >= 11 is 3.21. The molecule has 114 valence electrons. The maximum absolute atomic E-state index is 13.3. The summed E-state index contributed by atoms with van der Waals surface area (Å²) in [7, 11) is 0. The van der Waals surface area contributed by atoms with E-state index in [1.165, 1.54) is 6.07 Å². The van der Waals surface area contributed by atoms with Crippen molar-refractivity contribution < 1.29 is 9.50 Å². The minimum absolute atomic E-state index is 0.270. The summed E-state index contributed by atoms with van der Waals surface area (Å²) < 4.78 is 15.7. The molecule has 5 heteroatoms. The Hall–Kier alpha value is -1.20. The van der Waals surface area contributed by atoms with E-state index in [2.05, 4.69) is 28.0 Å². The highest BCUT2D eigenvalue weighted by Crippen LogP contribution is 2.25. The maximum Gasteiger partial charge on any atom is 0.137 e. The molecule has 0 aliphatic heterocycles. The Morgan fingerprint density at radius 2 is 2.05 bits per heavy atom. The Bertz CT molecular complexity index is 637. The van der Waals surface area contributed by atoms with E-state index < -0.39 is 6.10 Å². The van der Waals surface area contributed by atoms with E-state index in [0.29, 0.717) is 11.0 Å². The van der Waals surface area contributed by atoms with Crippen LogP contribution in [0.3, 0.4) is 0 Å². The number of nitrogens with zero attached hydrogens (tertiary/aromatic N) is 2. The fourth-order valence-electron chi connectivity index (χ4n) is 2.62. The van der Waals surface area contributed by atoms with Crippen LogP contribution >= 0.6 is 15.9 Å². The molecule has 1 aromatic heterocycles. The summed E-state index contributed by atoms with van der Waals surface area (Å²) in [6, 6.07) is 4.98. The molecular formula is C16H20BrFN2O. The lowest BCUT2D eigenvalue weighted by Gasteiger charge is -2.10. The first-order chi connectivity index (χ1) is 9.97. The third-order valence-electron chi connectivity index (χ3n) is 3.58. The standard InChI is InChI=1S/C16H20BrFN2O/c1-4-14-16(10(3)21)15(5-2)20(19-14)9-11-6-7-13(18)12(17)8-11/h6-8,10,21H,4-5,9H2,1-3H3. The van der Waals surface area contributed by atoms with E-state index in [9.17, 15) is 9.50 Å². The average molecular weight is 355 g/mol. The minimum Gasteiger partial charge on any atom is -0.389 e. The van der Waals surface area contributed by atoms with Crippen molar-refractivity contribution in [2.45, 2.75) is 46.3 Å². The molecule has 1 heterocycles. The van der Waals surface area contributed by atoms with Gasteiger partial charge in [-0.1, -0.05) is 19.9 Å². The van der Waals surface area contributed by atoms with Gasteiger partial charge in [0.15, 0.2) is 0 Å². The third-order valence-corrected chi connectivity index (χ3v) is 4.19. The largest absolute Gasteiger partial charge is 0.389 e. The fourth-order valence-corrected chi connectivity index (χ4v) is 3.05. The van der Waals surface area contributed by atoms with Gasteiger partial charge in [-0.05, 0) is 53.4 Å². The molecule has 2 aromatic rings. The molecule has 1 atom stereocenters. The van der Waals surface area contributed by atoms with E-state index in [0.717, 1.165) is 35.4 Å². The molecule has 0 bridgehead atoms. The molecule has 2 rings (SSSR count). The molecule has 1 aromatic carbocycles. The Balaban J connectivity index is 2.41. The van der Waals surface area contributed by atoms with Crippen LogP contribution in [0.1, 0.15) is 49.4 Å². The quantitative estimate of drug-likeness (QED) is 0.880. The second-order valence-corrected chi connectivity index (χ2v) is 5.95. The van der Waals surface area contributed by atoms with Crippen LogP contribution in [0.25, 0.3) is 0 Å². The van der Waals surface area contributed by atoms with Crippen LogP contribution in [0.15, 0.2) is 22.7 Å². The first kappa shape index (κ1) is 16.2. The summed E-state index contributed by atoms with van der Waals surface area (Å²) in [6.45, 7) is 6.43. The van der Waals surface area contributed by atoms with Crippen LogP contribution in [-0.2, 0) is 19.4 Å². The number of aromatic nitrogens is 2. The normalized spacial score (nSPS) is 12.7. The van der Waals surface area contributed by atoms with Gasteiger partial charge in [-0.2, -0.15) is 5.10 Å². The molecule has 0 aliphatic carbocycles. The number of halogens is 2. The lowest BCUT2D eigenvalue weighted by atomic mass is 10.0. The highest BCUT2D eigenvalue weighted by molar-refractivity contribution is 9.10. The van der Waals surface area contributed by atoms with Crippen molar-refractivity contribution in [2.75, 3.05) is 0 Å². The summed E-state index contributed by atoms with van der Waals surface area (Å²) in [5, 5.41) is 14.6. The molecule has 21 heavy (non-hydrogen) atoms. The van der Waals surface area contributed by atoms with Gasteiger partial charge >= 0.3 is 0 Å². The van der Waals surface area contributed by atoms with Gasteiger partial charge in [-0.15, -0.1) is 0 Å². The van der Waals surface area contributed by atoms with Crippen molar-refractivity contribution in [3.05, 3.63) is 51.0 Å². The van der Waals surface area contributed by atoms with Crippen LogP contribution in [0, 0.1) is 5.82 Å². The Morgan fingerprint density at radius 1 is 1.33 bits per heavy atom. The predicted molar refractivity (Wildman–Crippen MR) is 84.8 cm³/mol. The number of aliphatic hydroxyl groups is 1. The molecule has 1 unspecified atom stereocenters. The molecule has 0 aliphatic rings. The van der Waals surface area contributed by atoms with Crippen LogP contribution < -0.4 is 0 Å². The zero-order valence-electron chi connectivity index (χ0n) is 12.5. The van der Waals surface area contributed by atoms with Crippen LogP contribution in [0.2, 0.25) is 0 Å². The van der Waals surface area contributed by atoms with Crippen molar-refractivity contribution >= 4 is 15.9 Å². The predicted octanol–water partition coefficient (Wildman–Crippen LogP) is 4.01. The fraction of sp³-hybridized carbons (Fsp3) is 0.438. The highest BCUT2D eigenvalue weighted by atomic mass is 79.9. The molecule has 1 N–H and O–H groups in total. The molecular weight excluding hydrogens is 335 g/mol. The van der Waals surface area contributed by atoms with E-state index >= 15 is 0 Å². The number of hydrogen-bond acceptors (Lipinski definition) is 2. The molecule has 0 spiro atoms. The lowest BCUT2D eigenvalue weighted by molar-refractivity contribution is 0.197.